The first-order valence-electron chi connectivity index (χ1n) is 22.1. The van der Waals surface area contributed by atoms with Gasteiger partial charge in [0.2, 0.25) is 15.9 Å². The van der Waals surface area contributed by atoms with Crippen molar-refractivity contribution in [1.82, 2.24) is 35.2 Å². The summed E-state index contributed by atoms with van der Waals surface area (Å²) >= 11 is 6.70. The van der Waals surface area contributed by atoms with E-state index >= 15 is 8.78 Å². The predicted molar refractivity (Wildman–Crippen MR) is 247 cm³/mol. The Morgan fingerprint density at radius 1 is 0.932 bits per heavy atom. The van der Waals surface area contributed by atoms with E-state index in [2.05, 4.69) is 37.7 Å². The smallest absolute Gasteiger partial charge is 0.346 e. The summed E-state index contributed by atoms with van der Waals surface area (Å²) in [6.45, 7) is 2.38. The fourth-order valence-corrected chi connectivity index (χ4v) is 10.4. The third kappa shape index (κ3) is 10.8. The van der Waals surface area contributed by atoms with Crippen LogP contribution in [0.4, 0.5) is 49.7 Å². The SMILES string of the molecule is CN[C@H](C(=O)N(c1nn(CC(F)(F)F)c2c(-c3ccc(C#CC(C)(C)S(C)(=O)=O)nc3[C@H](Cc3cc(F)cc(F)c3)NC(=O)Cn3nc(C(F)(F)F)c4c3C(F)(F)[C@@H]3CC[C@H]43)ccc(Cl)c12)S(C)(=O)=O)C(C)C. The molecule has 7 rings (SSSR count). The summed E-state index contributed by atoms with van der Waals surface area (Å²) in [5.74, 6) is -7.63. The zero-order chi connectivity index (χ0) is 54.3. The minimum absolute atomic E-state index is 0.00607. The number of amides is 2. The number of nitrogens with zero attached hydrogens (tertiary/aromatic N) is 6. The van der Waals surface area contributed by atoms with Gasteiger partial charge in [0.15, 0.2) is 21.3 Å². The molecule has 4 atom stereocenters. The number of rotatable bonds is 14. The van der Waals surface area contributed by atoms with Crippen molar-refractivity contribution >= 4 is 60.0 Å². The third-order valence-corrected chi connectivity index (χ3v) is 16.0. The molecule has 3 heterocycles. The average Bonchev–Trinajstić information content (AvgIpc) is 3.81. The fourth-order valence-electron chi connectivity index (χ4n) is 9.06. The van der Waals surface area contributed by atoms with Crippen molar-refractivity contribution in [2.45, 2.75) is 101 Å². The number of likely N-dealkylation sites (N-methyl/N-ethyl adjacent to an activating group) is 1. The van der Waals surface area contributed by atoms with Gasteiger partial charge >= 0.3 is 12.4 Å². The maximum absolute atomic E-state index is 15.9. The lowest BCUT2D eigenvalue weighted by atomic mass is 9.73. The molecular weight excluding hydrogens is 1050 g/mol. The molecule has 2 amide bonds. The highest BCUT2D eigenvalue weighted by atomic mass is 35.5. The number of alkyl halides is 8. The second-order valence-electron chi connectivity index (χ2n) is 18.7. The first kappa shape index (κ1) is 55.0. The molecule has 0 radical (unpaired) electrons. The van der Waals surface area contributed by atoms with Crippen molar-refractivity contribution in [2.24, 2.45) is 11.8 Å². The van der Waals surface area contributed by atoms with Crippen molar-refractivity contribution in [1.29, 1.82) is 0 Å². The monoisotopic (exact) mass is 1090 g/mol. The molecule has 0 saturated heterocycles. The van der Waals surface area contributed by atoms with Gasteiger partial charge in [-0.1, -0.05) is 37.4 Å². The van der Waals surface area contributed by atoms with Gasteiger partial charge in [-0.25, -0.2) is 30.6 Å². The molecular formula is C46H45ClF10N8O6S2. The van der Waals surface area contributed by atoms with Gasteiger partial charge in [0.25, 0.3) is 11.8 Å². The second-order valence-corrected chi connectivity index (χ2v) is 23.5. The van der Waals surface area contributed by atoms with E-state index in [4.69, 9.17) is 11.6 Å². The lowest BCUT2D eigenvalue weighted by molar-refractivity contribution is -0.144. The highest BCUT2D eigenvalue weighted by molar-refractivity contribution is 7.93. The van der Waals surface area contributed by atoms with E-state index in [1.54, 1.807) is 13.8 Å². The number of anilines is 1. The molecule has 0 spiro atoms. The molecule has 5 aromatic rings. The van der Waals surface area contributed by atoms with Gasteiger partial charge in [-0.05, 0) is 93.8 Å². The molecule has 0 bridgehead atoms. The Kier molecular flexibility index (Phi) is 14.4. The third-order valence-electron chi connectivity index (χ3n) is 12.8. The highest BCUT2D eigenvalue weighted by Gasteiger charge is 2.63. The Balaban J connectivity index is 1.50. The van der Waals surface area contributed by atoms with Crippen LogP contribution in [0.1, 0.15) is 86.4 Å². The normalized spacial score (nSPS) is 17.6. The first-order chi connectivity index (χ1) is 33.5. The zero-order valence-electron chi connectivity index (χ0n) is 39.6. The summed E-state index contributed by atoms with van der Waals surface area (Å²) in [4.78, 5) is 32.9. The van der Waals surface area contributed by atoms with E-state index in [1.807, 2.05) is 0 Å². The standard InChI is InChI=1S/C46H45ClF10N8O6S2/c1-22(2)36(58-5)42(67)65(73(7,70)71)41-35-31(47)13-11-28(38(35)64(62-41)21-44(50,51)52)27-9-8-26(14-15-43(3,4)72(6,68)69)59-37(27)32(18-23-16-24(48)19-25(49)17-23)60-33(66)20-63-40-34(39(61-63)46(55,56)57)29-10-12-30(29)45(40,53)54/h8-9,11,13,16-17,19,22,29-30,32,36,58H,10,12,18,20-21H2,1-7H3,(H,60,66)/t29-,30+,32-,36-/m0/s1. The predicted octanol–water partition coefficient (Wildman–Crippen LogP) is 8.22. The Morgan fingerprint density at radius 2 is 1.56 bits per heavy atom. The molecule has 0 unspecified atom stereocenters. The number of carbonyl (C=O) groups is 2. The minimum atomic E-state index is -5.22. The Hall–Kier alpha value is -5.78. The average molecular weight is 1100 g/mol. The Morgan fingerprint density at radius 3 is 2.10 bits per heavy atom. The largest absolute Gasteiger partial charge is 0.435 e. The van der Waals surface area contributed by atoms with Crippen LogP contribution in [0.2, 0.25) is 5.02 Å². The van der Waals surface area contributed by atoms with Crippen LogP contribution >= 0.6 is 11.6 Å². The number of nitrogens with one attached hydrogen (secondary N) is 2. The van der Waals surface area contributed by atoms with E-state index in [9.17, 15) is 61.5 Å². The molecule has 0 aliphatic heterocycles. The molecule has 14 nitrogen and oxygen atoms in total. The summed E-state index contributed by atoms with van der Waals surface area (Å²) < 4.78 is 200. The van der Waals surface area contributed by atoms with Crippen molar-refractivity contribution in [2.75, 3.05) is 23.9 Å². The Labute approximate surface area is 416 Å². The molecule has 2 aliphatic rings. The number of sulfonamides is 1. The summed E-state index contributed by atoms with van der Waals surface area (Å²) in [6.07, 6.45) is -9.65. The number of sulfone groups is 1. The first-order valence-corrected chi connectivity index (χ1v) is 26.2. The van der Waals surface area contributed by atoms with Crippen molar-refractivity contribution in [3.63, 3.8) is 0 Å². The lowest BCUT2D eigenvalue weighted by Crippen LogP contribution is -2.50. The number of benzene rings is 2. The molecule has 394 valence electrons. The summed E-state index contributed by atoms with van der Waals surface area (Å²) in [5, 5.41) is 11.6. The number of fused-ring (bicyclic) bond motifs is 4. The van der Waals surface area contributed by atoms with Gasteiger partial charge in [-0.15, -0.1) is 0 Å². The van der Waals surface area contributed by atoms with Crippen molar-refractivity contribution in [3.05, 3.63) is 93.0 Å². The number of hydrogen-bond acceptors (Lipinski definition) is 10. The second kappa shape index (κ2) is 19.2. The zero-order valence-corrected chi connectivity index (χ0v) is 42.0. The van der Waals surface area contributed by atoms with Crippen LogP contribution < -0.4 is 14.9 Å². The molecule has 3 aromatic heterocycles. The van der Waals surface area contributed by atoms with Crippen LogP contribution in [0.15, 0.2) is 42.5 Å². The maximum Gasteiger partial charge on any atom is 0.435 e. The van der Waals surface area contributed by atoms with Gasteiger partial charge in [-0.2, -0.15) is 49.6 Å². The molecule has 1 saturated carbocycles. The fraction of sp³-hybridized carbons (Fsp3) is 0.457. The highest BCUT2D eigenvalue weighted by Crippen LogP contribution is 2.64. The van der Waals surface area contributed by atoms with Crippen molar-refractivity contribution in [3.8, 4) is 23.0 Å². The van der Waals surface area contributed by atoms with Gasteiger partial charge in [0, 0.05) is 34.9 Å². The lowest BCUT2D eigenvalue weighted by Gasteiger charge is -2.34. The quantitative estimate of drug-likeness (QED) is 0.0814. The molecule has 2 N–H and O–H groups in total. The Bertz CT molecular complexity index is 3330. The van der Waals surface area contributed by atoms with Crippen molar-refractivity contribution < 1.29 is 70.3 Å². The number of hydrogen-bond donors (Lipinski definition) is 2. The van der Waals surface area contributed by atoms with E-state index in [0.29, 0.717) is 17.0 Å². The summed E-state index contributed by atoms with van der Waals surface area (Å²) in [5.41, 5.74) is -5.66. The maximum atomic E-state index is 15.9. The topological polar surface area (TPSA) is 178 Å². The number of pyridine rings is 1. The number of carbonyl (C=O) groups excluding carboxylic acids is 2. The molecule has 73 heavy (non-hydrogen) atoms. The van der Waals surface area contributed by atoms with E-state index < -0.39 is 160 Å². The van der Waals surface area contributed by atoms with Crippen LogP contribution in [0.25, 0.3) is 22.0 Å². The van der Waals surface area contributed by atoms with E-state index in [1.165, 1.54) is 33.0 Å². The van der Waals surface area contributed by atoms with Crippen LogP contribution in [0.5, 0.6) is 0 Å². The van der Waals surface area contributed by atoms with Gasteiger partial charge < -0.3 is 10.6 Å². The molecule has 2 aromatic carbocycles. The summed E-state index contributed by atoms with van der Waals surface area (Å²) in [6, 6.07) is 3.71. The van der Waals surface area contributed by atoms with Crippen LogP contribution in [-0.2, 0) is 61.1 Å². The van der Waals surface area contributed by atoms with Gasteiger partial charge in [-0.3, -0.25) is 19.0 Å². The number of halogens is 11. The van der Waals surface area contributed by atoms with E-state index in [0.717, 1.165) is 30.5 Å². The molecule has 1 fully saturated rings. The minimum Gasteiger partial charge on any atom is -0.346 e. The van der Waals surface area contributed by atoms with Gasteiger partial charge in [0.05, 0.1) is 40.0 Å². The molecule has 27 heteroatoms. The van der Waals surface area contributed by atoms with Crippen LogP contribution in [-0.4, -0.2) is 89.7 Å². The summed E-state index contributed by atoms with van der Waals surface area (Å²) in [7, 11) is -7.31. The van der Waals surface area contributed by atoms with E-state index in [-0.39, 0.29) is 44.2 Å². The number of aromatic nitrogens is 5. The molecule has 2 aliphatic carbocycles. The van der Waals surface area contributed by atoms with Crippen LogP contribution in [0, 0.1) is 35.3 Å². The van der Waals surface area contributed by atoms with Gasteiger partial charge in [0.1, 0.15) is 40.9 Å². The van der Waals surface area contributed by atoms with Crippen LogP contribution in [0.3, 0.4) is 0 Å².